The normalized spacial score (nSPS) is 17.7. The minimum Gasteiger partial charge on any atom is -0.508 e. The number of rotatable bonds is 3. The van der Waals surface area contributed by atoms with Crippen molar-refractivity contribution in [3.05, 3.63) is 54.1 Å². The van der Waals surface area contributed by atoms with Crippen molar-refractivity contribution in [2.75, 3.05) is 5.75 Å². The second kappa shape index (κ2) is 5.29. The highest BCUT2D eigenvalue weighted by atomic mass is 32.2. The zero-order valence-electron chi connectivity index (χ0n) is 9.87. The van der Waals surface area contributed by atoms with Gasteiger partial charge in [-0.1, -0.05) is 18.2 Å². The van der Waals surface area contributed by atoms with Gasteiger partial charge in [0.2, 0.25) is 0 Å². The zero-order chi connectivity index (χ0) is 12.4. The molecule has 2 aromatic carbocycles. The van der Waals surface area contributed by atoms with E-state index in [1.165, 1.54) is 21.8 Å². The summed E-state index contributed by atoms with van der Waals surface area (Å²) in [4.78, 5) is 2.66. The first-order chi connectivity index (χ1) is 8.81. The van der Waals surface area contributed by atoms with Gasteiger partial charge < -0.3 is 5.11 Å². The number of phenolic OH excluding ortho intramolecular Hbond substituents is 1. The highest BCUT2D eigenvalue weighted by Crippen LogP contribution is 2.39. The van der Waals surface area contributed by atoms with E-state index in [0.29, 0.717) is 11.0 Å². The standard InChI is InChI=1S/C15H14OS2/c16-12-5-7-13(8-6-12)17-10-14-9-11-3-1-2-4-15(11)18-14/h1-8,14,16H,9-10H2. The van der Waals surface area contributed by atoms with Crippen LogP contribution in [0.5, 0.6) is 5.75 Å². The predicted octanol–water partition coefficient (Wildman–Crippen LogP) is 4.20. The molecule has 92 valence electrons. The Balaban J connectivity index is 1.58. The van der Waals surface area contributed by atoms with Gasteiger partial charge in [-0.05, 0) is 42.3 Å². The molecule has 0 spiro atoms. The summed E-state index contributed by atoms with van der Waals surface area (Å²) in [5.74, 6) is 1.45. The molecule has 1 aliphatic rings. The first kappa shape index (κ1) is 12.0. The summed E-state index contributed by atoms with van der Waals surface area (Å²) in [7, 11) is 0. The van der Waals surface area contributed by atoms with E-state index in [1.54, 1.807) is 12.1 Å². The number of fused-ring (bicyclic) bond motifs is 1. The molecule has 1 atom stereocenters. The van der Waals surface area contributed by atoms with E-state index in [9.17, 15) is 5.11 Å². The third-order valence-corrected chi connectivity index (χ3v) is 5.69. The minimum absolute atomic E-state index is 0.335. The van der Waals surface area contributed by atoms with Crippen LogP contribution >= 0.6 is 23.5 Å². The maximum atomic E-state index is 9.24. The smallest absolute Gasteiger partial charge is 0.115 e. The molecule has 0 aliphatic carbocycles. The Kier molecular flexibility index (Phi) is 3.52. The van der Waals surface area contributed by atoms with E-state index in [4.69, 9.17) is 0 Å². The van der Waals surface area contributed by atoms with Crippen LogP contribution in [-0.2, 0) is 6.42 Å². The number of hydrogen-bond donors (Lipinski definition) is 1. The van der Waals surface area contributed by atoms with Gasteiger partial charge in [-0.25, -0.2) is 0 Å². The molecule has 2 aromatic rings. The Morgan fingerprint density at radius 1 is 1.11 bits per heavy atom. The topological polar surface area (TPSA) is 20.2 Å². The second-order valence-corrected chi connectivity index (χ2v) is 6.79. The molecule has 1 aliphatic heterocycles. The summed E-state index contributed by atoms with van der Waals surface area (Å²) < 4.78 is 0. The van der Waals surface area contributed by atoms with Crippen LogP contribution in [0.4, 0.5) is 0 Å². The van der Waals surface area contributed by atoms with Gasteiger partial charge in [-0.2, -0.15) is 0 Å². The van der Waals surface area contributed by atoms with Crippen LogP contribution in [0.3, 0.4) is 0 Å². The fourth-order valence-corrected chi connectivity index (χ4v) is 4.46. The lowest BCUT2D eigenvalue weighted by atomic mass is 10.1. The van der Waals surface area contributed by atoms with Gasteiger partial charge in [0.25, 0.3) is 0 Å². The highest BCUT2D eigenvalue weighted by molar-refractivity contribution is 8.03. The monoisotopic (exact) mass is 274 g/mol. The quantitative estimate of drug-likeness (QED) is 0.847. The minimum atomic E-state index is 0.335. The van der Waals surface area contributed by atoms with Gasteiger partial charge >= 0.3 is 0 Å². The van der Waals surface area contributed by atoms with Gasteiger partial charge in [-0.15, -0.1) is 23.5 Å². The van der Waals surface area contributed by atoms with E-state index in [2.05, 4.69) is 24.3 Å². The lowest BCUT2D eigenvalue weighted by Gasteiger charge is -2.07. The molecule has 0 fully saturated rings. The molecule has 1 unspecified atom stereocenters. The first-order valence-corrected chi connectivity index (χ1v) is 7.84. The highest BCUT2D eigenvalue weighted by Gasteiger charge is 2.21. The van der Waals surface area contributed by atoms with Crippen LogP contribution in [0.2, 0.25) is 0 Å². The van der Waals surface area contributed by atoms with Crippen molar-refractivity contribution < 1.29 is 5.11 Å². The van der Waals surface area contributed by atoms with Crippen LogP contribution in [0.1, 0.15) is 5.56 Å². The molecule has 0 aromatic heterocycles. The number of thioether (sulfide) groups is 2. The molecule has 3 heteroatoms. The van der Waals surface area contributed by atoms with Crippen molar-refractivity contribution in [3.63, 3.8) is 0 Å². The third-order valence-electron chi connectivity index (χ3n) is 2.99. The maximum Gasteiger partial charge on any atom is 0.115 e. The molecule has 1 N–H and O–H groups in total. The van der Waals surface area contributed by atoms with Crippen molar-refractivity contribution in [2.45, 2.75) is 21.5 Å². The molecular weight excluding hydrogens is 260 g/mol. The average molecular weight is 274 g/mol. The van der Waals surface area contributed by atoms with Crippen LogP contribution in [0.25, 0.3) is 0 Å². The van der Waals surface area contributed by atoms with Crippen LogP contribution in [-0.4, -0.2) is 16.1 Å². The second-order valence-electron chi connectivity index (χ2n) is 4.36. The van der Waals surface area contributed by atoms with Gasteiger partial charge in [0.05, 0.1) is 0 Å². The van der Waals surface area contributed by atoms with Crippen LogP contribution in [0, 0.1) is 0 Å². The Labute approximate surface area is 116 Å². The average Bonchev–Trinajstić information content (AvgIpc) is 2.81. The predicted molar refractivity (Wildman–Crippen MR) is 78.6 cm³/mol. The third kappa shape index (κ3) is 2.68. The van der Waals surface area contributed by atoms with E-state index >= 15 is 0 Å². The van der Waals surface area contributed by atoms with Crippen molar-refractivity contribution in [1.29, 1.82) is 0 Å². The fraction of sp³-hybridized carbons (Fsp3) is 0.200. The van der Waals surface area contributed by atoms with Crippen molar-refractivity contribution in [3.8, 4) is 5.75 Å². The number of hydrogen-bond acceptors (Lipinski definition) is 3. The fourth-order valence-electron chi connectivity index (χ4n) is 2.08. The molecule has 0 saturated carbocycles. The van der Waals surface area contributed by atoms with Crippen molar-refractivity contribution in [1.82, 2.24) is 0 Å². The van der Waals surface area contributed by atoms with Crippen molar-refractivity contribution >= 4 is 23.5 Å². The summed E-state index contributed by atoms with van der Waals surface area (Å²) in [5.41, 5.74) is 1.49. The van der Waals surface area contributed by atoms with Crippen molar-refractivity contribution in [2.24, 2.45) is 0 Å². The van der Waals surface area contributed by atoms with E-state index in [0.717, 1.165) is 5.75 Å². The van der Waals surface area contributed by atoms with Crippen LogP contribution in [0.15, 0.2) is 58.3 Å². The van der Waals surface area contributed by atoms with Gasteiger partial charge in [0.1, 0.15) is 5.75 Å². The molecule has 1 nitrogen and oxygen atoms in total. The largest absolute Gasteiger partial charge is 0.508 e. The van der Waals surface area contributed by atoms with Gasteiger partial charge in [0, 0.05) is 20.8 Å². The lowest BCUT2D eigenvalue weighted by molar-refractivity contribution is 0.475. The van der Waals surface area contributed by atoms with E-state index < -0.39 is 0 Å². The first-order valence-electron chi connectivity index (χ1n) is 5.97. The zero-order valence-corrected chi connectivity index (χ0v) is 11.5. The summed E-state index contributed by atoms with van der Waals surface area (Å²) in [6.45, 7) is 0. The van der Waals surface area contributed by atoms with E-state index in [1.807, 2.05) is 35.7 Å². The summed E-state index contributed by atoms with van der Waals surface area (Å²) in [5, 5.41) is 9.91. The number of phenols is 1. The summed E-state index contributed by atoms with van der Waals surface area (Å²) >= 11 is 3.85. The Morgan fingerprint density at radius 2 is 1.89 bits per heavy atom. The Hall–Kier alpha value is -1.06. The summed E-state index contributed by atoms with van der Waals surface area (Å²) in [6.07, 6.45) is 1.17. The maximum absolute atomic E-state index is 9.24. The molecule has 0 saturated heterocycles. The molecule has 3 rings (SSSR count). The molecule has 18 heavy (non-hydrogen) atoms. The molecule has 0 radical (unpaired) electrons. The molecular formula is C15H14OS2. The summed E-state index contributed by atoms with van der Waals surface area (Å²) in [6, 6.07) is 16.1. The SMILES string of the molecule is Oc1ccc(SCC2Cc3ccccc3S2)cc1. The molecule has 1 heterocycles. The van der Waals surface area contributed by atoms with E-state index in [-0.39, 0.29) is 0 Å². The van der Waals surface area contributed by atoms with Crippen LogP contribution < -0.4 is 0 Å². The number of benzene rings is 2. The lowest BCUT2D eigenvalue weighted by Crippen LogP contribution is -2.03. The Bertz CT molecular complexity index is 511. The molecule has 0 amide bonds. The number of aromatic hydroxyl groups is 1. The molecule has 0 bridgehead atoms. The van der Waals surface area contributed by atoms with Gasteiger partial charge in [0.15, 0.2) is 0 Å². The Morgan fingerprint density at radius 3 is 2.67 bits per heavy atom. The van der Waals surface area contributed by atoms with Gasteiger partial charge in [-0.3, -0.25) is 0 Å².